The van der Waals surface area contributed by atoms with Crippen molar-refractivity contribution in [3.8, 4) is 11.5 Å². The van der Waals surface area contributed by atoms with Gasteiger partial charge in [-0.25, -0.2) is 0 Å². The Bertz CT molecular complexity index is 342. The molecule has 0 aliphatic heterocycles. The second-order valence-electron chi connectivity index (χ2n) is 2.58. The number of methoxy groups -OCH3 is 2. The summed E-state index contributed by atoms with van der Waals surface area (Å²) in [5.74, 6) is 1.29. The molecule has 0 saturated heterocycles. The molecule has 0 fully saturated rings. The highest BCUT2D eigenvalue weighted by Crippen LogP contribution is 2.31. The highest BCUT2D eigenvalue weighted by molar-refractivity contribution is 5.76. The summed E-state index contributed by atoms with van der Waals surface area (Å²) in [6.45, 7) is 0. The van der Waals surface area contributed by atoms with Crippen LogP contribution in [0.5, 0.6) is 11.5 Å². The van der Waals surface area contributed by atoms with Gasteiger partial charge in [0.05, 0.1) is 14.2 Å². The SMILES string of the molecule is COc1cccc(/C=C\C=O)c1OC. The van der Waals surface area contributed by atoms with E-state index in [2.05, 4.69) is 0 Å². The topological polar surface area (TPSA) is 35.5 Å². The van der Waals surface area contributed by atoms with Gasteiger partial charge < -0.3 is 9.47 Å². The summed E-state index contributed by atoms with van der Waals surface area (Å²) in [5, 5.41) is 0. The second-order valence-corrected chi connectivity index (χ2v) is 2.58. The van der Waals surface area contributed by atoms with Crippen molar-refractivity contribution in [1.82, 2.24) is 0 Å². The normalized spacial score (nSPS) is 10.1. The number of hydrogen-bond donors (Lipinski definition) is 0. The van der Waals surface area contributed by atoms with Crippen LogP contribution in [0.2, 0.25) is 0 Å². The minimum atomic E-state index is 0.633. The van der Waals surface area contributed by atoms with E-state index in [0.29, 0.717) is 11.5 Å². The van der Waals surface area contributed by atoms with Crippen LogP contribution >= 0.6 is 0 Å². The summed E-state index contributed by atoms with van der Waals surface area (Å²) in [7, 11) is 3.14. The number of aldehydes is 1. The molecule has 3 heteroatoms. The fourth-order valence-corrected chi connectivity index (χ4v) is 1.19. The van der Waals surface area contributed by atoms with Crippen LogP contribution in [-0.2, 0) is 4.79 Å². The molecule has 1 aromatic carbocycles. The molecule has 0 bridgehead atoms. The molecule has 0 spiro atoms. The lowest BCUT2D eigenvalue weighted by molar-refractivity contribution is -0.104. The van der Waals surface area contributed by atoms with E-state index >= 15 is 0 Å². The average Bonchev–Trinajstić information content (AvgIpc) is 2.25. The van der Waals surface area contributed by atoms with E-state index in [1.165, 1.54) is 6.08 Å². The highest BCUT2D eigenvalue weighted by atomic mass is 16.5. The molecule has 0 radical (unpaired) electrons. The zero-order valence-corrected chi connectivity index (χ0v) is 8.19. The molecule has 0 heterocycles. The molecule has 0 amide bonds. The number of para-hydroxylation sites is 1. The Balaban J connectivity index is 3.14. The van der Waals surface area contributed by atoms with Crippen LogP contribution in [-0.4, -0.2) is 20.5 Å². The number of benzene rings is 1. The van der Waals surface area contributed by atoms with Crippen LogP contribution in [0.4, 0.5) is 0 Å². The first-order valence-electron chi connectivity index (χ1n) is 4.16. The lowest BCUT2D eigenvalue weighted by Crippen LogP contribution is -1.92. The Morgan fingerprint density at radius 3 is 2.57 bits per heavy atom. The predicted octanol–water partition coefficient (Wildman–Crippen LogP) is 1.92. The van der Waals surface area contributed by atoms with Crippen LogP contribution in [0.1, 0.15) is 5.56 Å². The van der Waals surface area contributed by atoms with Gasteiger partial charge in [-0.1, -0.05) is 12.1 Å². The Labute approximate surface area is 83.0 Å². The van der Waals surface area contributed by atoms with Crippen LogP contribution in [0.3, 0.4) is 0 Å². The zero-order valence-electron chi connectivity index (χ0n) is 8.19. The second kappa shape index (κ2) is 5.07. The lowest BCUT2D eigenvalue weighted by atomic mass is 10.1. The van der Waals surface area contributed by atoms with E-state index in [4.69, 9.17) is 9.47 Å². The number of hydrogen-bond acceptors (Lipinski definition) is 3. The quantitative estimate of drug-likeness (QED) is 0.540. The van der Waals surface area contributed by atoms with Crippen molar-refractivity contribution in [1.29, 1.82) is 0 Å². The molecule has 0 saturated carbocycles. The van der Waals surface area contributed by atoms with Gasteiger partial charge in [-0.3, -0.25) is 4.79 Å². The smallest absolute Gasteiger partial charge is 0.167 e. The predicted molar refractivity (Wildman–Crippen MR) is 54.6 cm³/mol. The zero-order chi connectivity index (χ0) is 10.4. The standard InChI is InChI=1S/C11H12O3/c1-13-10-7-3-5-9(6-4-8-12)11(10)14-2/h3-8H,1-2H3/b6-4-. The van der Waals surface area contributed by atoms with Crippen molar-refractivity contribution < 1.29 is 14.3 Å². The number of ether oxygens (including phenoxy) is 2. The fraction of sp³-hybridized carbons (Fsp3) is 0.182. The molecule has 0 atom stereocenters. The van der Waals surface area contributed by atoms with Crippen molar-refractivity contribution in [3.63, 3.8) is 0 Å². The number of carbonyl (C=O) groups is 1. The summed E-state index contributed by atoms with van der Waals surface area (Å²) in [6.07, 6.45) is 3.81. The summed E-state index contributed by atoms with van der Waals surface area (Å²) >= 11 is 0. The third-order valence-electron chi connectivity index (χ3n) is 1.79. The van der Waals surface area contributed by atoms with Crippen LogP contribution < -0.4 is 9.47 Å². The van der Waals surface area contributed by atoms with Crippen molar-refractivity contribution >= 4 is 12.4 Å². The van der Waals surface area contributed by atoms with E-state index < -0.39 is 0 Å². The van der Waals surface area contributed by atoms with Crippen LogP contribution in [0, 0.1) is 0 Å². The Kier molecular flexibility index (Phi) is 3.73. The van der Waals surface area contributed by atoms with Gasteiger partial charge in [0.2, 0.25) is 0 Å². The molecule has 74 valence electrons. The number of allylic oxidation sites excluding steroid dienone is 1. The molecule has 1 rings (SSSR count). The maximum absolute atomic E-state index is 10.2. The monoisotopic (exact) mass is 192 g/mol. The van der Waals surface area contributed by atoms with Crippen LogP contribution in [0.25, 0.3) is 6.08 Å². The first-order valence-corrected chi connectivity index (χ1v) is 4.16. The van der Waals surface area contributed by atoms with E-state index in [1.807, 2.05) is 12.1 Å². The van der Waals surface area contributed by atoms with E-state index in [-0.39, 0.29) is 0 Å². The fourth-order valence-electron chi connectivity index (χ4n) is 1.19. The summed E-state index contributed by atoms with van der Waals surface area (Å²) in [4.78, 5) is 10.2. The van der Waals surface area contributed by atoms with Gasteiger partial charge in [-0.05, 0) is 18.2 Å². The molecule has 0 aromatic heterocycles. The Morgan fingerprint density at radius 1 is 1.21 bits per heavy atom. The first-order chi connectivity index (χ1) is 6.83. The Hall–Kier alpha value is -1.77. The minimum absolute atomic E-state index is 0.633. The van der Waals surface area contributed by atoms with Gasteiger partial charge in [0.25, 0.3) is 0 Å². The Morgan fingerprint density at radius 2 is 2.00 bits per heavy atom. The van der Waals surface area contributed by atoms with Gasteiger partial charge in [0.1, 0.15) is 6.29 Å². The molecular weight excluding hydrogens is 180 g/mol. The molecule has 0 aliphatic carbocycles. The maximum atomic E-state index is 10.2. The van der Waals surface area contributed by atoms with Crippen molar-refractivity contribution in [2.45, 2.75) is 0 Å². The third-order valence-corrected chi connectivity index (χ3v) is 1.79. The molecule has 14 heavy (non-hydrogen) atoms. The average molecular weight is 192 g/mol. The summed E-state index contributed by atoms with van der Waals surface area (Å²) in [5.41, 5.74) is 0.818. The van der Waals surface area contributed by atoms with Crippen LogP contribution in [0.15, 0.2) is 24.3 Å². The lowest BCUT2D eigenvalue weighted by Gasteiger charge is -2.09. The van der Waals surface area contributed by atoms with Crippen molar-refractivity contribution in [3.05, 3.63) is 29.8 Å². The molecule has 0 aliphatic rings. The van der Waals surface area contributed by atoms with E-state index in [1.54, 1.807) is 26.4 Å². The van der Waals surface area contributed by atoms with Gasteiger partial charge in [0, 0.05) is 5.56 Å². The maximum Gasteiger partial charge on any atom is 0.167 e. The van der Waals surface area contributed by atoms with Crippen molar-refractivity contribution in [2.75, 3.05) is 14.2 Å². The molecule has 1 aromatic rings. The molecule has 0 N–H and O–H groups in total. The van der Waals surface area contributed by atoms with E-state index in [0.717, 1.165) is 11.8 Å². The molecule has 0 unspecified atom stereocenters. The summed E-state index contributed by atoms with van der Waals surface area (Å²) < 4.78 is 10.3. The minimum Gasteiger partial charge on any atom is -0.493 e. The highest BCUT2D eigenvalue weighted by Gasteiger charge is 2.05. The van der Waals surface area contributed by atoms with E-state index in [9.17, 15) is 4.79 Å². The van der Waals surface area contributed by atoms with Crippen molar-refractivity contribution in [2.24, 2.45) is 0 Å². The molecular formula is C11H12O3. The largest absolute Gasteiger partial charge is 0.493 e. The van der Waals surface area contributed by atoms with Gasteiger partial charge >= 0.3 is 0 Å². The molecule has 3 nitrogen and oxygen atoms in total. The van der Waals surface area contributed by atoms with Gasteiger partial charge in [-0.2, -0.15) is 0 Å². The third kappa shape index (κ3) is 2.13. The van der Waals surface area contributed by atoms with Gasteiger partial charge in [-0.15, -0.1) is 0 Å². The summed E-state index contributed by atoms with van der Waals surface area (Å²) in [6, 6.07) is 5.49. The number of carbonyl (C=O) groups excluding carboxylic acids is 1. The van der Waals surface area contributed by atoms with Gasteiger partial charge in [0.15, 0.2) is 11.5 Å². The first kappa shape index (κ1) is 10.3. The number of rotatable bonds is 4.